The first-order chi connectivity index (χ1) is 30.2. The number of aliphatic hydroxyl groups excluding tert-OH is 3. The minimum Gasteiger partial charge on any atom is -0.462 e. The van der Waals surface area contributed by atoms with E-state index in [9.17, 15) is 34.4 Å². The molecule has 0 bridgehead atoms. The summed E-state index contributed by atoms with van der Waals surface area (Å²) < 4.78 is 33.9. The molecule has 1 unspecified atom stereocenters. The molecule has 0 aliphatic heterocycles. The number of rotatable bonds is 38. The van der Waals surface area contributed by atoms with Gasteiger partial charge in [0.05, 0.1) is 46.1 Å². The summed E-state index contributed by atoms with van der Waals surface area (Å²) in [5.74, 6) is -1.24. The zero-order valence-electron chi connectivity index (χ0n) is 38.8. The lowest BCUT2D eigenvalue weighted by Crippen LogP contribution is -2.37. The number of hydrogen-bond acceptors (Lipinski definition) is 10. The van der Waals surface area contributed by atoms with Crippen molar-refractivity contribution >= 4 is 19.8 Å². The van der Waals surface area contributed by atoms with E-state index in [1.165, 1.54) is 6.08 Å². The summed E-state index contributed by atoms with van der Waals surface area (Å²) in [6, 6.07) is 0. The number of phosphoric ester groups is 1. The van der Waals surface area contributed by atoms with Crippen molar-refractivity contribution in [3.8, 4) is 0 Å². The molecule has 0 saturated carbocycles. The van der Waals surface area contributed by atoms with Gasteiger partial charge in [0.15, 0.2) is 6.10 Å². The molecule has 0 aromatic carbocycles. The highest BCUT2D eigenvalue weighted by molar-refractivity contribution is 7.47. The van der Waals surface area contributed by atoms with Gasteiger partial charge in [0, 0.05) is 12.8 Å². The smallest absolute Gasteiger partial charge is 0.462 e. The van der Waals surface area contributed by atoms with Crippen LogP contribution in [-0.2, 0) is 32.7 Å². The van der Waals surface area contributed by atoms with E-state index in [-0.39, 0.29) is 32.3 Å². The van der Waals surface area contributed by atoms with Crippen LogP contribution in [0, 0.1) is 0 Å². The lowest BCUT2D eigenvalue weighted by Gasteiger charge is -2.24. The summed E-state index contributed by atoms with van der Waals surface area (Å²) in [5.41, 5.74) is 0. The summed E-state index contributed by atoms with van der Waals surface area (Å²) >= 11 is 0. The number of allylic oxidation sites excluding steroid dienone is 18. The topological polar surface area (TPSA) is 169 Å². The van der Waals surface area contributed by atoms with Gasteiger partial charge in [0.2, 0.25) is 0 Å². The third-order valence-corrected chi connectivity index (χ3v) is 9.84. The van der Waals surface area contributed by atoms with Gasteiger partial charge in [-0.25, -0.2) is 4.57 Å². The standard InChI is InChI=1S/C50H80NO11P/c1-6-8-10-11-12-13-14-15-16-17-18-19-20-21-22-23-24-29-33-39-49(55)59-43-46(44-61-63(57,58)60-42-41-51(3,4)5)62-50(56)40-34-38-48(54)47(53)37-32-28-26-25-27-31-36-45(52)35-30-9-7-2/h8,10,12-13,15-16,18-19,21-22,24-29,31-32,36-37,45-48,52-54H,6-7,9,11,14,17,20,23,30,33-35,38-44H2,1-5H3/p+1/b10-8-,13-12-,16-15-,19-18-,22-21-,27-25-,28-26+,29-24-,36-31+,37-32+/t45-,46+,47-,48-/m0/s1. The molecular formula is C50H81NO11P+. The number of unbranched alkanes of at least 4 members (excludes halogenated alkanes) is 2. The number of carbonyl (C=O) groups excluding carboxylic acids is 2. The Balaban J connectivity index is 4.81. The number of aliphatic hydroxyl groups is 3. The van der Waals surface area contributed by atoms with Gasteiger partial charge >= 0.3 is 19.8 Å². The first-order valence-corrected chi connectivity index (χ1v) is 24.1. The number of hydrogen-bond donors (Lipinski definition) is 4. The molecule has 356 valence electrons. The van der Waals surface area contributed by atoms with E-state index in [0.29, 0.717) is 17.4 Å². The van der Waals surface area contributed by atoms with Crippen LogP contribution in [0.3, 0.4) is 0 Å². The molecule has 0 aromatic rings. The Hall–Kier alpha value is -3.71. The zero-order valence-corrected chi connectivity index (χ0v) is 39.7. The maximum absolute atomic E-state index is 12.7. The van der Waals surface area contributed by atoms with Crippen molar-refractivity contribution in [2.75, 3.05) is 47.5 Å². The molecule has 5 atom stereocenters. The van der Waals surface area contributed by atoms with E-state index in [1.807, 2.05) is 33.3 Å². The molecule has 0 aromatic heterocycles. The fourth-order valence-electron chi connectivity index (χ4n) is 5.19. The number of carbonyl (C=O) groups is 2. The van der Waals surface area contributed by atoms with Gasteiger partial charge in [0.25, 0.3) is 0 Å². The minimum atomic E-state index is -4.50. The monoisotopic (exact) mass is 903 g/mol. The largest absolute Gasteiger partial charge is 0.472 e. The Morgan fingerprint density at radius 3 is 1.71 bits per heavy atom. The maximum atomic E-state index is 12.7. The number of nitrogens with zero attached hydrogens (tertiary/aromatic N) is 1. The molecule has 4 N–H and O–H groups in total. The van der Waals surface area contributed by atoms with E-state index >= 15 is 0 Å². The zero-order chi connectivity index (χ0) is 46.9. The van der Waals surface area contributed by atoms with Crippen LogP contribution in [0.1, 0.15) is 110 Å². The molecular weight excluding hydrogens is 822 g/mol. The van der Waals surface area contributed by atoms with Crippen molar-refractivity contribution in [3.05, 3.63) is 122 Å². The Morgan fingerprint density at radius 1 is 0.619 bits per heavy atom. The normalized spacial score (nSPS) is 16.1. The van der Waals surface area contributed by atoms with Crippen LogP contribution in [0.4, 0.5) is 0 Å². The van der Waals surface area contributed by atoms with E-state index < -0.39 is 57.4 Å². The average molecular weight is 903 g/mol. The van der Waals surface area contributed by atoms with Gasteiger partial charge in [-0.15, -0.1) is 0 Å². The highest BCUT2D eigenvalue weighted by Crippen LogP contribution is 2.43. The van der Waals surface area contributed by atoms with E-state index in [2.05, 4.69) is 74.6 Å². The summed E-state index contributed by atoms with van der Waals surface area (Å²) in [7, 11) is 1.20. The van der Waals surface area contributed by atoms with Gasteiger partial charge in [-0.05, 0) is 64.2 Å². The van der Waals surface area contributed by atoms with Crippen molar-refractivity contribution in [1.82, 2.24) is 0 Å². The fraction of sp³-hybridized carbons (Fsp3) is 0.560. The van der Waals surface area contributed by atoms with Crippen LogP contribution in [-0.4, -0.2) is 109 Å². The highest BCUT2D eigenvalue weighted by Gasteiger charge is 2.27. The third-order valence-electron chi connectivity index (χ3n) is 8.86. The van der Waals surface area contributed by atoms with Crippen LogP contribution < -0.4 is 0 Å². The van der Waals surface area contributed by atoms with Crippen molar-refractivity contribution in [2.45, 2.75) is 135 Å². The molecule has 0 spiro atoms. The fourth-order valence-corrected chi connectivity index (χ4v) is 5.93. The van der Waals surface area contributed by atoms with Gasteiger partial charge in [-0.2, -0.15) is 0 Å². The quantitative estimate of drug-likeness (QED) is 0.0116. The second-order valence-electron chi connectivity index (χ2n) is 15.9. The van der Waals surface area contributed by atoms with Crippen LogP contribution in [0.15, 0.2) is 122 Å². The lowest BCUT2D eigenvalue weighted by atomic mass is 10.1. The molecule has 0 saturated heterocycles. The second-order valence-corrected chi connectivity index (χ2v) is 17.4. The summed E-state index contributed by atoms with van der Waals surface area (Å²) in [6.07, 6.45) is 44.9. The molecule has 12 nitrogen and oxygen atoms in total. The van der Waals surface area contributed by atoms with Crippen LogP contribution in [0.25, 0.3) is 0 Å². The molecule has 0 amide bonds. The van der Waals surface area contributed by atoms with Crippen LogP contribution >= 0.6 is 7.82 Å². The second kappa shape index (κ2) is 39.8. The Labute approximate surface area is 379 Å². The van der Waals surface area contributed by atoms with E-state index in [0.717, 1.165) is 64.2 Å². The predicted octanol–water partition coefficient (Wildman–Crippen LogP) is 9.82. The summed E-state index contributed by atoms with van der Waals surface area (Å²) in [5, 5.41) is 30.6. The Kier molecular flexibility index (Phi) is 37.5. The molecule has 0 aliphatic rings. The first-order valence-electron chi connectivity index (χ1n) is 22.6. The number of likely N-dealkylation sites (N-methyl/N-ethyl adjacent to an activating group) is 1. The van der Waals surface area contributed by atoms with Crippen LogP contribution in [0.5, 0.6) is 0 Å². The molecule has 0 rings (SSSR count). The minimum absolute atomic E-state index is 0.0509. The molecule has 0 radical (unpaired) electrons. The van der Waals surface area contributed by atoms with E-state index in [1.54, 1.807) is 42.5 Å². The van der Waals surface area contributed by atoms with Gasteiger partial charge in [0.1, 0.15) is 19.8 Å². The third kappa shape index (κ3) is 42.0. The SMILES string of the molecule is CC/C=C\C/C=C\C/C=C\C/C=C\C/C=C\C/C=C\CCC(=O)OC[C@H](COP(=O)(O)OCC[N+](C)(C)C)OC(=O)CCC[C@H](O)[C@@H](O)/C=C/C=C/C=C\C=C\[C@@H](O)CCCCC. The number of ether oxygens (including phenoxy) is 2. The summed E-state index contributed by atoms with van der Waals surface area (Å²) in [6.45, 7) is 3.67. The van der Waals surface area contributed by atoms with Crippen molar-refractivity contribution in [1.29, 1.82) is 0 Å². The number of quaternary nitrogens is 1. The highest BCUT2D eigenvalue weighted by atomic mass is 31.2. The average Bonchev–Trinajstić information content (AvgIpc) is 3.23. The molecule has 13 heteroatoms. The summed E-state index contributed by atoms with van der Waals surface area (Å²) in [4.78, 5) is 35.4. The lowest BCUT2D eigenvalue weighted by molar-refractivity contribution is -0.870. The van der Waals surface area contributed by atoms with Crippen molar-refractivity contribution < 1.29 is 57.4 Å². The molecule has 0 aliphatic carbocycles. The van der Waals surface area contributed by atoms with Crippen LogP contribution in [0.2, 0.25) is 0 Å². The molecule has 0 fully saturated rings. The molecule has 0 heterocycles. The number of esters is 2. The Morgan fingerprint density at radius 2 is 1.16 bits per heavy atom. The van der Waals surface area contributed by atoms with Gasteiger partial charge in [-0.1, -0.05) is 155 Å². The number of phosphoric acid groups is 1. The van der Waals surface area contributed by atoms with E-state index in [4.69, 9.17) is 18.5 Å². The Bertz CT molecular complexity index is 1530. The first kappa shape index (κ1) is 59.3. The molecule has 63 heavy (non-hydrogen) atoms. The van der Waals surface area contributed by atoms with Crippen molar-refractivity contribution in [3.63, 3.8) is 0 Å². The van der Waals surface area contributed by atoms with Gasteiger partial charge < -0.3 is 34.2 Å². The maximum Gasteiger partial charge on any atom is 0.472 e. The van der Waals surface area contributed by atoms with Crippen molar-refractivity contribution in [2.24, 2.45) is 0 Å². The predicted molar refractivity (Wildman–Crippen MR) is 255 cm³/mol. The van der Waals surface area contributed by atoms with Gasteiger partial charge in [-0.3, -0.25) is 18.6 Å².